The Morgan fingerprint density at radius 1 is 1.21 bits per heavy atom. The van der Waals surface area contributed by atoms with Gasteiger partial charge in [0.1, 0.15) is 12.4 Å². The summed E-state index contributed by atoms with van der Waals surface area (Å²) < 4.78 is 18.0. The number of carbonyl (C=O) groups is 1. The van der Waals surface area contributed by atoms with Crippen LogP contribution >= 0.6 is 0 Å². The van der Waals surface area contributed by atoms with Crippen LogP contribution in [0, 0.1) is 17.1 Å². The summed E-state index contributed by atoms with van der Waals surface area (Å²) in [7, 11) is 0. The predicted molar refractivity (Wildman–Crippen MR) is 66.7 cm³/mol. The van der Waals surface area contributed by atoms with Crippen LogP contribution in [0.15, 0.2) is 48.5 Å². The molecule has 0 radical (unpaired) electrons. The third-order valence-corrected chi connectivity index (χ3v) is 2.51. The van der Waals surface area contributed by atoms with Crippen LogP contribution in [0.25, 0.3) is 0 Å². The molecule has 0 aliphatic rings. The maximum atomic E-state index is 12.9. The standard InChI is InChI=1S/C15H10FNO2/c16-14-3-1-2-12(8-14)10-19-15(18)13-6-4-11(9-17)5-7-13/h1-8H,10H2. The molecular formula is C15H10FNO2. The fourth-order valence-corrected chi connectivity index (χ4v) is 1.54. The average Bonchev–Trinajstić information content (AvgIpc) is 2.45. The third kappa shape index (κ3) is 3.39. The van der Waals surface area contributed by atoms with Crippen molar-refractivity contribution in [1.29, 1.82) is 5.26 Å². The molecule has 0 saturated carbocycles. The highest BCUT2D eigenvalue weighted by molar-refractivity contribution is 5.89. The van der Waals surface area contributed by atoms with Gasteiger partial charge in [-0.1, -0.05) is 12.1 Å². The van der Waals surface area contributed by atoms with Crippen molar-refractivity contribution in [3.63, 3.8) is 0 Å². The molecule has 2 rings (SSSR count). The van der Waals surface area contributed by atoms with Gasteiger partial charge in [-0.3, -0.25) is 0 Å². The lowest BCUT2D eigenvalue weighted by atomic mass is 10.1. The molecule has 0 aliphatic carbocycles. The summed E-state index contributed by atoms with van der Waals surface area (Å²) in [5.74, 6) is -0.874. The van der Waals surface area contributed by atoms with Crippen molar-refractivity contribution in [3.8, 4) is 6.07 Å². The summed E-state index contributed by atoms with van der Waals surface area (Å²) in [6.07, 6.45) is 0. The normalized spacial score (nSPS) is 9.68. The molecule has 0 N–H and O–H groups in total. The number of halogens is 1. The molecule has 19 heavy (non-hydrogen) atoms. The Morgan fingerprint density at radius 3 is 2.58 bits per heavy atom. The van der Waals surface area contributed by atoms with Crippen molar-refractivity contribution in [2.75, 3.05) is 0 Å². The Bertz CT molecular complexity index is 629. The highest BCUT2D eigenvalue weighted by atomic mass is 19.1. The Kier molecular flexibility index (Phi) is 3.89. The van der Waals surface area contributed by atoms with Gasteiger partial charge >= 0.3 is 5.97 Å². The van der Waals surface area contributed by atoms with Crippen LogP contribution in [0.5, 0.6) is 0 Å². The Balaban J connectivity index is 1.99. The summed E-state index contributed by atoms with van der Waals surface area (Å²) in [5, 5.41) is 8.64. The van der Waals surface area contributed by atoms with Gasteiger partial charge in [0, 0.05) is 0 Å². The van der Waals surface area contributed by atoms with Gasteiger partial charge in [0.25, 0.3) is 0 Å². The smallest absolute Gasteiger partial charge is 0.338 e. The monoisotopic (exact) mass is 255 g/mol. The number of hydrogen-bond acceptors (Lipinski definition) is 3. The largest absolute Gasteiger partial charge is 0.457 e. The van der Waals surface area contributed by atoms with Crippen LogP contribution in [-0.2, 0) is 11.3 Å². The molecule has 0 aromatic heterocycles. The van der Waals surface area contributed by atoms with E-state index in [1.54, 1.807) is 24.3 Å². The fourth-order valence-electron chi connectivity index (χ4n) is 1.54. The lowest BCUT2D eigenvalue weighted by Gasteiger charge is -2.05. The highest BCUT2D eigenvalue weighted by Gasteiger charge is 2.07. The van der Waals surface area contributed by atoms with E-state index >= 15 is 0 Å². The summed E-state index contributed by atoms with van der Waals surface area (Å²) >= 11 is 0. The minimum absolute atomic E-state index is 0.0105. The second-order valence-electron chi connectivity index (χ2n) is 3.90. The number of ether oxygens (including phenoxy) is 1. The quantitative estimate of drug-likeness (QED) is 0.792. The molecule has 0 unspecified atom stereocenters. The van der Waals surface area contributed by atoms with Crippen molar-refractivity contribution in [1.82, 2.24) is 0 Å². The van der Waals surface area contributed by atoms with Crippen molar-refractivity contribution >= 4 is 5.97 Å². The molecule has 0 aliphatic heterocycles. The van der Waals surface area contributed by atoms with Gasteiger partial charge in [-0.15, -0.1) is 0 Å². The zero-order valence-electron chi connectivity index (χ0n) is 9.97. The minimum Gasteiger partial charge on any atom is -0.457 e. The van der Waals surface area contributed by atoms with Crippen LogP contribution in [0.1, 0.15) is 21.5 Å². The van der Waals surface area contributed by atoms with Crippen molar-refractivity contribution in [3.05, 3.63) is 71.0 Å². The topological polar surface area (TPSA) is 50.1 Å². The van der Waals surface area contributed by atoms with Gasteiger partial charge in [0.2, 0.25) is 0 Å². The van der Waals surface area contributed by atoms with Crippen LogP contribution in [0.4, 0.5) is 4.39 Å². The lowest BCUT2D eigenvalue weighted by molar-refractivity contribution is 0.0472. The second kappa shape index (κ2) is 5.78. The number of nitrogens with zero attached hydrogens (tertiary/aromatic N) is 1. The molecule has 4 heteroatoms. The third-order valence-electron chi connectivity index (χ3n) is 2.51. The van der Waals surface area contributed by atoms with E-state index in [-0.39, 0.29) is 12.4 Å². The minimum atomic E-state index is -0.506. The first kappa shape index (κ1) is 12.8. The van der Waals surface area contributed by atoms with E-state index in [9.17, 15) is 9.18 Å². The molecule has 0 fully saturated rings. The summed E-state index contributed by atoms with van der Waals surface area (Å²) in [6.45, 7) is 0.0105. The molecule has 0 amide bonds. The second-order valence-corrected chi connectivity index (χ2v) is 3.90. The van der Waals surface area contributed by atoms with E-state index in [4.69, 9.17) is 10.00 Å². The van der Waals surface area contributed by atoms with E-state index in [1.807, 2.05) is 6.07 Å². The van der Waals surface area contributed by atoms with Gasteiger partial charge in [-0.25, -0.2) is 9.18 Å². The molecule has 0 bridgehead atoms. The number of benzene rings is 2. The fraction of sp³-hybridized carbons (Fsp3) is 0.0667. The molecule has 2 aromatic rings. The van der Waals surface area contributed by atoms with Gasteiger partial charge in [-0.05, 0) is 42.0 Å². The first-order valence-electron chi connectivity index (χ1n) is 5.61. The number of hydrogen-bond donors (Lipinski definition) is 0. The van der Waals surface area contributed by atoms with E-state index in [1.165, 1.54) is 24.3 Å². The van der Waals surface area contributed by atoms with Crippen LogP contribution in [0.3, 0.4) is 0 Å². The van der Waals surface area contributed by atoms with Crippen LogP contribution < -0.4 is 0 Å². The Morgan fingerprint density at radius 2 is 1.95 bits per heavy atom. The first-order valence-corrected chi connectivity index (χ1v) is 5.61. The van der Waals surface area contributed by atoms with E-state index in [2.05, 4.69) is 0 Å². The van der Waals surface area contributed by atoms with Crippen LogP contribution in [-0.4, -0.2) is 5.97 Å². The molecular weight excluding hydrogens is 245 g/mol. The predicted octanol–water partition coefficient (Wildman–Crippen LogP) is 3.05. The Labute approximate surface area is 109 Å². The maximum absolute atomic E-state index is 12.9. The van der Waals surface area contributed by atoms with Crippen molar-refractivity contribution < 1.29 is 13.9 Å². The SMILES string of the molecule is N#Cc1ccc(C(=O)OCc2cccc(F)c2)cc1. The first-order chi connectivity index (χ1) is 9.19. The molecule has 3 nitrogen and oxygen atoms in total. The summed E-state index contributed by atoms with van der Waals surface area (Å²) in [6, 6.07) is 14.0. The van der Waals surface area contributed by atoms with Crippen molar-refractivity contribution in [2.24, 2.45) is 0 Å². The zero-order chi connectivity index (χ0) is 13.7. The van der Waals surface area contributed by atoms with Crippen molar-refractivity contribution in [2.45, 2.75) is 6.61 Å². The van der Waals surface area contributed by atoms with Crippen LogP contribution in [0.2, 0.25) is 0 Å². The maximum Gasteiger partial charge on any atom is 0.338 e. The average molecular weight is 255 g/mol. The molecule has 0 atom stereocenters. The molecule has 94 valence electrons. The van der Waals surface area contributed by atoms with Gasteiger partial charge in [0.15, 0.2) is 0 Å². The van der Waals surface area contributed by atoms with E-state index in [0.717, 1.165) is 0 Å². The summed E-state index contributed by atoms with van der Waals surface area (Å²) in [4.78, 5) is 11.7. The Hall–Kier alpha value is -2.67. The molecule has 2 aromatic carbocycles. The number of esters is 1. The van der Waals surface area contributed by atoms with Gasteiger partial charge in [0.05, 0.1) is 17.2 Å². The zero-order valence-corrected chi connectivity index (χ0v) is 9.97. The molecule has 0 saturated heterocycles. The van der Waals surface area contributed by atoms with E-state index < -0.39 is 5.97 Å². The van der Waals surface area contributed by atoms with Gasteiger partial charge < -0.3 is 4.74 Å². The molecule has 0 heterocycles. The summed E-state index contributed by atoms with van der Waals surface area (Å²) in [5.41, 5.74) is 1.42. The lowest BCUT2D eigenvalue weighted by Crippen LogP contribution is -2.05. The highest BCUT2D eigenvalue weighted by Crippen LogP contribution is 2.09. The number of nitriles is 1. The number of rotatable bonds is 3. The molecule has 0 spiro atoms. The van der Waals surface area contributed by atoms with Gasteiger partial charge in [-0.2, -0.15) is 5.26 Å². The number of carbonyl (C=O) groups excluding carboxylic acids is 1. The van der Waals surface area contributed by atoms with E-state index in [0.29, 0.717) is 16.7 Å².